The Morgan fingerprint density at radius 2 is 1.80 bits per heavy atom. The first-order valence-corrected chi connectivity index (χ1v) is 7.39. The summed E-state index contributed by atoms with van der Waals surface area (Å²) in [5.41, 5.74) is 1.97. The predicted molar refractivity (Wildman–Crippen MR) is 81.2 cm³/mol. The van der Waals surface area contributed by atoms with Crippen molar-refractivity contribution in [3.05, 3.63) is 70.2 Å². The fourth-order valence-corrected chi connectivity index (χ4v) is 2.65. The van der Waals surface area contributed by atoms with Crippen molar-refractivity contribution in [1.82, 2.24) is 5.32 Å². The summed E-state index contributed by atoms with van der Waals surface area (Å²) >= 11 is 3.42. The Morgan fingerprint density at radius 1 is 1.10 bits per heavy atom. The van der Waals surface area contributed by atoms with Crippen molar-refractivity contribution in [3.8, 4) is 0 Å². The van der Waals surface area contributed by atoms with Crippen molar-refractivity contribution in [3.63, 3.8) is 0 Å². The third-order valence-electron chi connectivity index (χ3n) is 3.50. The third kappa shape index (κ3) is 2.94. The Morgan fingerprint density at radius 3 is 2.50 bits per heavy atom. The zero-order valence-electron chi connectivity index (χ0n) is 10.9. The van der Waals surface area contributed by atoms with Crippen molar-refractivity contribution in [2.45, 2.75) is 18.4 Å². The van der Waals surface area contributed by atoms with Crippen LogP contribution in [0.3, 0.4) is 0 Å². The van der Waals surface area contributed by atoms with Crippen LogP contribution in [0.25, 0.3) is 0 Å². The highest BCUT2D eigenvalue weighted by Crippen LogP contribution is 2.27. The van der Waals surface area contributed by atoms with Crippen LogP contribution in [0.15, 0.2) is 59.1 Å². The maximum Gasteiger partial charge on any atom is 0.134 e. The number of hydrogen-bond donors (Lipinski definition) is 2. The lowest BCUT2D eigenvalue weighted by Gasteiger charge is -2.18. The molecule has 20 heavy (non-hydrogen) atoms. The van der Waals surface area contributed by atoms with E-state index in [1.807, 2.05) is 54.6 Å². The molecule has 2 aromatic rings. The fraction of sp³-hybridized carbons (Fsp3) is 0.250. The normalized spacial score (nSPS) is 23.7. The van der Waals surface area contributed by atoms with Gasteiger partial charge in [-0.25, -0.2) is 0 Å². The molecule has 0 saturated carbocycles. The smallest absolute Gasteiger partial charge is 0.134 e. The maximum atomic E-state index is 10.4. The SMILES string of the molecule is OC(c1ccccc1)[C@@H]1CO[C@H](c2ccc(Br)cc2)N1. The van der Waals surface area contributed by atoms with E-state index in [2.05, 4.69) is 21.2 Å². The largest absolute Gasteiger partial charge is 0.387 e. The molecule has 0 spiro atoms. The van der Waals surface area contributed by atoms with Crippen molar-refractivity contribution < 1.29 is 9.84 Å². The molecule has 1 unspecified atom stereocenters. The second kappa shape index (κ2) is 6.06. The average molecular weight is 334 g/mol. The van der Waals surface area contributed by atoms with Crippen LogP contribution in [0, 0.1) is 0 Å². The van der Waals surface area contributed by atoms with E-state index in [0.717, 1.165) is 15.6 Å². The highest BCUT2D eigenvalue weighted by molar-refractivity contribution is 9.10. The van der Waals surface area contributed by atoms with Gasteiger partial charge in [0.1, 0.15) is 6.23 Å². The van der Waals surface area contributed by atoms with Gasteiger partial charge in [0.25, 0.3) is 0 Å². The molecule has 3 atom stereocenters. The second-order valence-electron chi connectivity index (χ2n) is 4.89. The standard InChI is InChI=1S/C16H16BrNO2/c17-13-8-6-12(7-9-13)16-18-14(10-20-16)15(19)11-4-2-1-3-5-11/h1-9,14-16,18-19H,10H2/t14-,15?,16+/m0/s1. The lowest BCUT2D eigenvalue weighted by Crippen LogP contribution is -2.32. The van der Waals surface area contributed by atoms with E-state index in [0.29, 0.717) is 6.61 Å². The molecule has 1 saturated heterocycles. The molecule has 0 aromatic heterocycles. The molecule has 4 heteroatoms. The maximum absolute atomic E-state index is 10.4. The molecule has 1 heterocycles. The lowest BCUT2D eigenvalue weighted by atomic mass is 10.0. The molecule has 2 aromatic carbocycles. The van der Waals surface area contributed by atoms with E-state index in [9.17, 15) is 5.11 Å². The first-order chi connectivity index (χ1) is 9.74. The van der Waals surface area contributed by atoms with Gasteiger partial charge in [-0.15, -0.1) is 0 Å². The molecule has 0 radical (unpaired) electrons. The van der Waals surface area contributed by atoms with E-state index in [4.69, 9.17) is 4.74 Å². The summed E-state index contributed by atoms with van der Waals surface area (Å²) in [6.07, 6.45) is -0.719. The third-order valence-corrected chi connectivity index (χ3v) is 4.03. The molecule has 3 nitrogen and oxygen atoms in total. The number of benzene rings is 2. The van der Waals surface area contributed by atoms with Gasteiger partial charge in [0.15, 0.2) is 0 Å². The van der Waals surface area contributed by atoms with E-state index in [-0.39, 0.29) is 12.3 Å². The number of ether oxygens (including phenoxy) is 1. The number of rotatable bonds is 3. The van der Waals surface area contributed by atoms with E-state index < -0.39 is 6.10 Å². The minimum Gasteiger partial charge on any atom is -0.387 e. The van der Waals surface area contributed by atoms with Crippen molar-refractivity contribution in [2.24, 2.45) is 0 Å². The molecule has 1 fully saturated rings. The van der Waals surface area contributed by atoms with Crippen LogP contribution < -0.4 is 5.32 Å². The number of nitrogens with one attached hydrogen (secondary N) is 1. The molecule has 2 N–H and O–H groups in total. The Hall–Kier alpha value is -1.20. The summed E-state index contributed by atoms with van der Waals surface area (Å²) in [7, 11) is 0. The van der Waals surface area contributed by atoms with Crippen LogP contribution in [-0.4, -0.2) is 17.8 Å². The van der Waals surface area contributed by atoms with E-state index >= 15 is 0 Å². The predicted octanol–water partition coefficient (Wildman–Crippen LogP) is 3.17. The van der Waals surface area contributed by atoms with Gasteiger partial charge >= 0.3 is 0 Å². The summed E-state index contributed by atoms with van der Waals surface area (Å²) in [6.45, 7) is 0.497. The van der Waals surface area contributed by atoms with Crippen molar-refractivity contribution >= 4 is 15.9 Å². The highest BCUT2D eigenvalue weighted by atomic mass is 79.9. The van der Waals surface area contributed by atoms with Crippen LogP contribution in [0.5, 0.6) is 0 Å². The Bertz CT molecular complexity index is 558. The summed E-state index contributed by atoms with van der Waals surface area (Å²) in [5.74, 6) is 0. The molecule has 0 amide bonds. The summed E-state index contributed by atoms with van der Waals surface area (Å²) in [5, 5.41) is 13.7. The number of aliphatic hydroxyl groups excluding tert-OH is 1. The van der Waals surface area contributed by atoms with Crippen LogP contribution in [-0.2, 0) is 4.74 Å². The quantitative estimate of drug-likeness (QED) is 0.906. The Kier molecular flexibility index (Phi) is 4.17. The number of hydrogen-bond acceptors (Lipinski definition) is 3. The number of halogens is 1. The Labute approximate surface area is 126 Å². The van der Waals surface area contributed by atoms with Gasteiger partial charge in [-0.1, -0.05) is 58.4 Å². The minimum absolute atomic E-state index is 0.0916. The van der Waals surface area contributed by atoms with Crippen LogP contribution in [0.2, 0.25) is 0 Å². The van der Waals surface area contributed by atoms with Gasteiger partial charge in [0.05, 0.1) is 18.8 Å². The topological polar surface area (TPSA) is 41.5 Å². The monoisotopic (exact) mass is 333 g/mol. The van der Waals surface area contributed by atoms with Gasteiger partial charge < -0.3 is 9.84 Å². The van der Waals surface area contributed by atoms with Gasteiger partial charge in [-0.3, -0.25) is 5.32 Å². The van der Waals surface area contributed by atoms with Gasteiger partial charge in [-0.05, 0) is 23.3 Å². The summed E-state index contributed by atoms with van der Waals surface area (Å²) < 4.78 is 6.79. The average Bonchev–Trinajstić information content (AvgIpc) is 2.98. The molecule has 1 aliphatic heterocycles. The summed E-state index contributed by atoms with van der Waals surface area (Å²) in [6, 6.07) is 17.6. The molecule has 0 aliphatic carbocycles. The minimum atomic E-state index is -0.559. The number of aliphatic hydroxyl groups is 1. The van der Waals surface area contributed by atoms with Crippen molar-refractivity contribution in [1.29, 1.82) is 0 Å². The molecule has 3 rings (SSSR count). The molecular formula is C16H16BrNO2. The van der Waals surface area contributed by atoms with Crippen LogP contribution in [0.4, 0.5) is 0 Å². The van der Waals surface area contributed by atoms with Gasteiger partial charge in [0.2, 0.25) is 0 Å². The first-order valence-electron chi connectivity index (χ1n) is 6.60. The zero-order chi connectivity index (χ0) is 13.9. The first kappa shape index (κ1) is 13.8. The van der Waals surface area contributed by atoms with Crippen LogP contribution >= 0.6 is 15.9 Å². The van der Waals surface area contributed by atoms with E-state index in [1.165, 1.54) is 0 Å². The molecule has 0 bridgehead atoms. The fourth-order valence-electron chi connectivity index (χ4n) is 2.39. The van der Waals surface area contributed by atoms with Gasteiger partial charge in [0, 0.05) is 4.47 Å². The second-order valence-corrected chi connectivity index (χ2v) is 5.81. The molecular weight excluding hydrogens is 318 g/mol. The summed E-state index contributed by atoms with van der Waals surface area (Å²) in [4.78, 5) is 0. The lowest BCUT2D eigenvalue weighted by molar-refractivity contribution is 0.0921. The van der Waals surface area contributed by atoms with Crippen molar-refractivity contribution in [2.75, 3.05) is 6.61 Å². The molecule has 1 aliphatic rings. The Balaban J connectivity index is 1.69. The molecule has 104 valence electrons. The highest BCUT2D eigenvalue weighted by Gasteiger charge is 2.31. The van der Waals surface area contributed by atoms with Gasteiger partial charge in [-0.2, -0.15) is 0 Å². The zero-order valence-corrected chi connectivity index (χ0v) is 12.5. The van der Waals surface area contributed by atoms with E-state index in [1.54, 1.807) is 0 Å². The van der Waals surface area contributed by atoms with Crippen LogP contribution in [0.1, 0.15) is 23.5 Å².